The smallest absolute Gasteiger partial charge is 0.0354 e. The minimum atomic E-state index is 1.11. The van der Waals surface area contributed by atoms with E-state index in [0.29, 0.717) is 0 Å². The molecule has 1 aliphatic rings. The maximum atomic E-state index is 3.67. The van der Waals surface area contributed by atoms with Crippen molar-refractivity contribution >= 4 is 0 Å². The van der Waals surface area contributed by atoms with Crippen LogP contribution >= 0.6 is 0 Å². The highest BCUT2D eigenvalue weighted by atomic mass is 14.0. The van der Waals surface area contributed by atoms with Crippen molar-refractivity contribution in [1.82, 2.24) is 0 Å². The van der Waals surface area contributed by atoms with Crippen LogP contribution in [0.3, 0.4) is 0 Å². The Balaban J connectivity index is -0.0000000323. The number of allylic oxidation sites excluding steroid dienone is 1. The average molecular weight is 232 g/mol. The van der Waals surface area contributed by atoms with Gasteiger partial charge in [0.15, 0.2) is 0 Å². The fraction of sp³-hybridized carbons (Fsp3) is 0.875. The molecule has 0 aromatic rings. The van der Waals surface area contributed by atoms with Gasteiger partial charge in [-0.3, -0.25) is 0 Å². The summed E-state index contributed by atoms with van der Waals surface area (Å²) < 4.78 is 0. The fourth-order valence-electron chi connectivity index (χ4n) is 0. The molecule has 0 heterocycles. The molecule has 0 heteroatoms. The molecule has 0 amide bonds. The standard InChI is InChI=1S/C5H10.C3H6.4C2H6/c1-4-5(2)3;1-2-3-1;4*1-2/h2,4H2,1,3H3;1-3H2;4*1-2H3. The number of hydrogen-bond donors (Lipinski definition) is 0. The highest BCUT2D eigenvalue weighted by Crippen LogP contribution is 2.14. The summed E-state index contributed by atoms with van der Waals surface area (Å²) in [6.07, 6.45) is 5.61. The summed E-state index contributed by atoms with van der Waals surface area (Å²) in [5, 5.41) is 0. The Hall–Kier alpha value is -0.260. The summed E-state index contributed by atoms with van der Waals surface area (Å²) in [7, 11) is 0. The second-order valence-electron chi connectivity index (χ2n) is 2.37. The summed E-state index contributed by atoms with van der Waals surface area (Å²) in [5.41, 5.74) is 1.25. The van der Waals surface area contributed by atoms with E-state index in [0.717, 1.165) is 6.42 Å². The second kappa shape index (κ2) is 61.3. The summed E-state index contributed by atoms with van der Waals surface area (Å²) in [6.45, 7) is 23.8. The zero-order chi connectivity index (χ0) is 14.4. The molecule has 0 radical (unpaired) electrons. The Bertz CT molecular complexity index is 57.7. The van der Waals surface area contributed by atoms with E-state index in [1.165, 1.54) is 24.8 Å². The summed E-state index contributed by atoms with van der Waals surface area (Å²) in [6, 6.07) is 0. The van der Waals surface area contributed by atoms with E-state index in [4.69, 9.17) is 0 Å². The molecule has 16 heavy (non-hydrogen) atoms. The Kier molecular flexibility index (Phi) is 114. The van der Waals surface area contributed by atoms with Crippen LogP contribution in [0, 0.1) is 0 Å². The van der Waals surface area contributed by atoms with Gasteiger partial charge in [-0.25, -0.2) is 0 Å². The maximum absolute atomic E-state index is 3.67. The van der Waals surface area contributed by atoms with E-state index in [9.17, 15) is 0 Å². The van der Waals surface area contributed by atoms with Gasteiger partial charge >= 0.3 is 0 Å². The van der Waals surface area contributed by atoms with Gasteiger partial charge in [0.05, 0.1) is 0 Å². The van der Waals surface area contributed by atoms with Crippen molar-refractivity contribution in [3.63, 3.8) is 0 Å². The van der Waals surface area contributed by atoms with Gasteiger partial charge < -0.3 is 0 Å². The van der Waals surface area contributed by atoms with Gasteiger partial charge in [0.2, 0.25) is 0 Å². The molecule has 0 aromatic heterocycles. The molecule has 0 N–H and O–H groups in total. The van der Waals surface area contributed by atoms with Gasteiger partial charge in [-0.1, -0.05) is 87.1 Å². The first-order chi connectivity index (χ1) is 7.77. The van der Waals surface area contributed by atoms with Gasteiger partial charge in [-0.15, -0.1) is 6.58 Å². The van der Waals surface area contributed by atoms with Crippen LogP contribution in [0.1, 0.15) is 94.9 Å². The largest absolute Gasteiger partial charge is 0.100 e. The van der Waals surface area contributed by atoms with Crippen LogP contribution in [0.25, 0.3) is 0 Å². The molecule has 1 fully saturated rings. The minimum absolute atomic E-state index is 1.11. The van der Waals surface area contributed by atoms with Crippen LogP contribution in [-0.4, -0.2) is 0 Å². The van der Waals surface area contributed by atoms with Crippen LogP contribution < -0.4 is 0 Å². The maximum Gasteiger partial charge on any atom is -0.0354 e. The second-order valence-corrected chi connectivity index (χ2v) is 2.37. The molecule has 104 valence electrons. The predicted octanol–water partition coefficient (Wildman–Crippen LogP) is 7.25. The molecular formula is C16H40. The van der Waals surface area contributed by atoms with E-state index in [1.54, 1.807) is 0 Å². The average Bonchev–Trinajstić information content (AvgIpc) is 3.27. The molecule has 0 spiro atoms. The quantitative estimate of drug-likeness (QED) is 0.418. The van der Waals surface area contributed by atoms with Gasteiger partial charge in [-0.2, -0.15) is 0 Å². The molecule has 1 saturated carbocycles. The van der Waals surface area contributed by atoms with Crippen molar-refractivity contribution in [3.05, 3.63) is 12.2 Å². The van der Waals surface area contributed by atoms with Crippen molar-refractivity contribution < 1.29 is 0 Å². The molecule has 0 aromatic carbocycles. The van der Waals surface area contributed by atoms with Gasteiger partial charge in [-0.05, 0) is 13.3 Å². The molecule has 0 bridgehead atoms. The molecule has 1 rings (SSSR count). The molecule has 0 aliphatic heterocycles. The highest BCUT2D eigenvalue weighted by molar-refractivity contribution is 4.84. The van der Waals surface area contributed by atoms with Crippen molar-refractivity contribution in [3.8, 4) is 0 Å². The summed E-state index contributed by atoms with van der Waals surface area (Å²) >= 11 is 0. The number of hydrogen-bond acceptors (Lipinski definition) is 0. The summed E-state index contributed by atoms with van der Waals surface area (Å²) in [4.78, 5) is 0. The van der Waals surface area contributed by atoms with E-state index < -0.39 is 0 Å². The van der Waals surface area contributed by atoms with E-state index >= 15 is 0 Å². The van der Waals surface area contributed by atoms with E-state index in [2.05, 4.69) is 13.5 Å². The Morgan fingerprint density at radius 3 is 0.875 bits per heavy atom. The Morgan fingerprint density at radius 2 is 0.875 bits per heavy atom. The SMILES string of the molecule is C1CC1.C=C(C)CC.CC.CC.CC.CC. The van der Waals surface area contributed by atoms with Gasteiger partial charge in [0, 0.05) is 0 Å². The normalized spacial score (nSPS) is 8.38. The molecule has 0 saturated heterocycles. The molecule has 1 aliphatic carbocycles. The highest BCUT2D eigenvalue weighted by Gasteiger charge is 1.95. The fourth-order valence-corrected chi connectivity index (χ4v) is 0. The first-order valence-electron chi connectivity index (χ1n) is 7.41. The number of rotatable bonds is 1. The summed E-state index contributed by atoms with van der Waals surface area (Å²) in [5.74, 6) is 0. The van der Waals surface area contributed by atoms with Crippen LogP contribution in [-0.2, 0) is 0 Å². The van der Waals surface area contributed by atoms with Crippen molar-refractivity contribution in [1.29, 1.82) is 0 Å². The lowest BCUT2D eigenvalue weighted by molar-refractivity contribution is 1.11. The first kappa shape index (κ1) is 29.6. The lowest BCUT2D eigenvalue weighted by Gasteiger charge is -1.79. The van der Waals surface area contributed by atoms with Crippen molar-refractivity contribution in [2.75, 3.05) is 0 Å². The van der Waals surface area contributed by atoms with Crippen molar-refractivity contribution in [2.24, 2.45) is 0 Å². The van der Waals surface area contributed by atoms with E-state index in [-0.39, 0.29) is 0 Å². The molecule has 0 nitrogen and oxygen atoms in total. The van der Waals surface area contributed by atoms with Crippen LogP contribution in [0.4, 0.5) is 0 Å². The third-order valence-corrected chi connectivity index (χ3v) is 0.957. The van der Waals surface area contributed by atoms with Crippen molar-refractivity contribution in [2.45, 2.75) is 94.9 Å². The monoisotopic (exact) mass is 232 g/mol. The molecule has 0 unspecified atom stereocenters. The van der Waals surface area contributed by atoms with Crippen LogP contribution in [0.5, 0.6) is 0 Å². The van der Waals surface area contributed by atoms with Gasteiger partial charge in [0.1, 0.15) is 0 Å². The predicted molar refractivity (Wildman–Crippen MR) is 84.3 cm³/mol. The molecule has 0 atom stereocenters. The van der Waals surface area contributed by atoms with Crippen LogP contribution in [0.2, 0.25) is 0 Å². The topological polar surface area (TPSA) is 0 Å². The van der Waals surface area contributed by atoms with E-state index in [1.807, 2.05) is 62.3 Å². The lowest BCUT2D eigenvalue weighted by atomic mass is 10.3. The Morgan fingerprint density at radius 1 is 0.750 bits per heavy atom. The first-order valence-corrected chi connectivity index (χ1v) is 7.41. The van der Waals surface area contributed by atoms with Gasteiger partial charge in [0.25, 0.3) is 0 Å². The third-order valence-electron chi connectivity index (χ3n) is 0.957. The Labute approximate surface area is 108 Å². The lowest BCUT2D eigenvalue weighted by Crippen LogP contribution is -1.58. The zero-order valence-corrected chi connectivity index (χ0v) is 14.0. The zero-order valence-electron chi connectivity index (χ0n) is 14.0. The third kappa shape index (κ3) is 297. The minimum Gasteiger partial charge on any atom is -0.100 e. The van der Waals surface area contributed by atoms with Crippen LogP contribution in [0.15, 0.2) is 12.2 Å². The molecular weight excluding hydrogens is 192 g/mol.